The Morgan fingerprint density at radius 2 is 1.96 bits per heavy atom. The Morgan fingerprint density at radius 1 is 1.18 bits per heavy atom. The summed E-state index contributed by atoms with van der Waals surface area (Å²) >= 11 is 0. The maximum Gasteiger partial charge on any atom is 0.254 e. The van der Waals surface area contributed by atoms with Crippen molar-refractivity contribution in [3.05, 3.63) is 65.2 Å². The van der Waals surface area contributed by atoms with Crippen LogP contribution in [0.4, 0.5) is 5.69 Å². The summed E-state index contributed by atoms with van der Waals surface area (Å²) in [6, 6.07) is 10.8. The Hall–Kier alpha value is -3.06. The molecule has 144 valence electrons. The molecule has 0 unspecified atom stereocenters. The van der Waals surface area contributed by atoms with Crippen LogP contribution in [0.3, 0.4) is 0 Å². The fraction of sp³-hybridized carbons (Fsp3) is 0.190. The summed E-state index contributed by atoms with van der Waals surface area (Å²) in [5.41, 5.74) is 11.4. The van der Waals surface area contributed by atoms with E-state index in [9.17, 15) is 13.2 Å². The predicted molar refractivity (Wildman–Crippen MR) is 112 cm³/mol. The molecule has 1 aliphatic carbocycles. The number of hydrogen-bond acceptors (Lipinski definition) is 3. The van der Waals surface area contributed by atoms with Crippen LogP contribution < -0.4 is 10.5 Å². The number of hydrogen-bond donors (Lipinski definition) is 3. The highest BCUT2D eigenvalue weighted by atomic mass is 32.2. The van der Waals surface area contributed by atoms with Crippen molar-refractivity contribution < 1.29 is 13.2 Å². The number of aromatic amines is 1. The van der Waals surface area contributed by atoms with Crippen LogP contribution in [0.5, 0.6) is 0 Å². The Bertz CT molecular complexity index is 1210. The molecule has 1 heterocycles. The normalized spacial score (nSPS) is 13.9. The summed E-state index contributed by atoms with van der Waals surface area (Å²) in [7, 11) is -3.59. The quantitative estimate of drug-likeness (QED) is 0.613. The third kappa shape index (κ3) is 3.18. The van der Waals surface area contributed by atoms with Crippen LogP contribution in [0, 0.1) is 0 Å². The molecule has 0 aliphatic heterocycles. The van der Waals surface area contributed by atoms with Gasteiger partial charge >= 0.3 is 0 Å². The van der Waals surface area contributed by atoms with Crippen LogP contribution in [0.25, 0.3) is 22.0 Å². The minimum Gasteiger partial charge on any atom is -0.366 e. The van der Waals surface area contributed by atoms with E-state index in [1.54, 1.807) is 24.3 Å². The van der Waals surface area contributed by atoms with Crippen molar-refractivity contribution in [1.29, 1.82) is 0 Å². The van der Waals surface area contributed by atoms with Crippen LogP contribution >= 0.6 is 0 Å². The highest BCUT2D eigenvalue weighted by Gasteiger charge is 2.22. The maximum absolute atomic E-state index is 11.9. The Labute approximate surface area is 163 Å². The fourth-order valence-corrected chi connectivity index (χ4v) is 4.46. The molecule has 4 N–H and O–H groups in total. The lowest BCUT2D eigenvalue weighted by Crippen LogP contribution is -2.11. The van der Waals surface area contributed by atoms with Crippen LogP contribution in [0.15, 0.2) is 48.4 Å². The van der Waals surface area contributed by atoms with Crippen molar-refractivity contribution in [3.8, 4) is 11.1 Å². The number of fused-ring (bicyclic) bond motifs is 3. The van der Waals surface area contributed by atoms with E-state index < -0.39 is 15.9 Å². The van der Waals surface area contributed by atoms with E-state index in [0.717, 1.165) is 58.8 Å². The number of anilines is 1. The molecule has 6 nitrogen and oxygen atoms in total. The number of aromatic nitrogens is 1. The summed E-state index contributed by atoms with van der Waals surface area (Å²) in [5.74, 6) is -0.470. The van der Waals surface area contributed by atoms with Crippen molar-refractivity contribution in [3.63, 3.8) is 0 Å². The van der Waals surface area contributed by atoms with Crippen molar-refractivity contribution in [1.82, 2.24) is 4.98 Å². The summed E-state index contributed by atoms with van der Waals surface area (Å²) in [4.78, 5) is 15.3. The minimum absolute atomic E-state index is 0.453. The maximum atomic E-state index is 11.9. The monoisotopic (exact) mass is 395 g/mol. The van der Waals surface area contributed by atoms with Crippen molar-refractivity contribution in [2.45, 2.75) is 25.7 Å². The number of rotatable bonds is 5. The predicted octanol–water partition coefficient (Wildman–Crippen LogP) is 3.70. The number of benzene rings is 2. The van der Waals surface area contributed by atoms with Gasteiger partial charge in [-0.2, -0.15) is 0 Å². The number of nitrogens with one attached hydrogen (secondary N) is 2. The molecule has 1 amide bonds. The van der Waals surface area contributed by atoms with Gasteiger partial charge in [0.2, 0.25) is 0 Å². The summed E-state index contributed by atoms with van der Waals surface area (Å²) in [5, 5.41) is 1.87. The van der Waals surface area contributed by atoms with Gasteiger partial charge in [0, 0.05) is 22.2 Å². The molecule has 1 aliphatic rings. The lowest BCUT2D eigenvalue weighted by Gasteiger charge is -2.13. The SMILES string of the molecule is C=CS(=O)(=O)Nc1cccc(-c2ccc(C(N)=O)c3[nH]c4c(c23)CCCC4)c1. The molecule has 1 aromatic heterocycles. The molecule has 0 saturated carbocycles. The second-order valence-corrected chi connectivity index (χ2v) is 8.59. The third-order valence-corrected chi connectivity index (χ3v) is 6.13. The first-order valence-electron chi connectivity index (χ1n) is 9.11. The van der Waals surface area contributed by atoms with Crippen LogP contribution in [-0.2, 0) is 22.9 Å². The zero-order valence-electron chi connectivity index (χ0n) is 15.3. The van der Waals surface area contributed by atoms with Crippen molar-refractivity contribution in [2.24, 2.45) is 5.73 Å². The van der Waals surface area contributed by atoms with E-state index in [1.165, 1.54) is 5.56 Å². The molecular formula is C21H21N3O3S. The molecule has 2 aromatic carbocycles. The molecule has 0 saturated heterocycles. The molecule has 0 bridgehead atoms. The second kappa shape index (κ2) is 6.83. The number of carbonyl (C=O) groups is 1. The topological polar surface area (TPSA) is 105 Å². The average Bonchev–Trinajstić information content (AvgIpc) is 3.06. The van der Waals surface area contributed by atoms with Gasteiger partial charge in [0.1, 0.15) is 0 Å². The first-order chi connectivity index (χ1) is 13.4. The lowest BCUT2D eigenvalue weighted by molar-refractivity contribution is 0.100. The van der Waals surface area contributed by atoms with E-state index in [0.29, 0.717) is 11.3 Å². The third-order valence-electron chi connectivity index (χ3n) is 5.17. The molecule has 0 radical (unpaired) electrons. The van der Waals surface area contributed by atoms with Gasteiger partial charge in [0.25, 0.3) is 15.9 Å². The van der Waals surface area contributed by atoms with Crippen molar-refractivity contribution >= 4 is 32.5 Å². The van der Waals surface area contributed by atoms with Gasteiger partial charge in [-0.3, -0.25) is 9.52 Å². The molecule has 4 rings (SSSR count). The zero-order chi connectivity index (χ0) is 19.9. The minimum atomic E-state index is -3.59. The number of primary amides is 1. The Balaban J connectivity index is 1.92. The second-order valence-electron chi connectivity index (χ2n) is 6.96. The summed E-state index contributed by atoms with van der Waals surface area (Å²) in [6.45, 7) is 3.32. The van der Waals surface area contributed by atoms with Gasteiger partial charge < -0.3 is 10.7 Å². The first-order valence-corrected chi connectivity index (χ1v) is 10.7. The van der Waals surface area contributed by atoms with Gasteiger partial charge in [-0.25, -0.2) is 8.42 Å². The highest BCUT2D eigenvalue weighted by molar-refractivity contribution is 7.95. The number of amides is 1. The molecule has 0 spiro atoms. The largest absolute Gasteiger partial charge is 0.366 e. The van der Waals surface area contributed by atoms with Gasteiger partial charge in [-0.15, -0.1) is 0 Å². The summed E-state index contributed by atoms with van der Waals surface area (Å²) in [6.07, 6.45) is 4.09. The first kappa shape index (κ1) is 18.3. The number of carbonyl (C=O) groups excluding carboxylic acids is 1. The van der Waals surface area contributed by atoms with Crippen LogP contribution in [0.2, 0.25) is 0 Å². The molecule has 0 fully saturated rings. The van der Waals surface area contributed by atoms with Gasteiger partial charge in [0.15, 0.2) is 0 Å². The van der Waals surface area contributed by atoms with E-state index in [2.05, 4.69) is 16.3 Å². The van der Waals surface area contributed by atoms with Crippen LogP contribution in [-0.4, -0.2) is 19.3 Å². The smallest absolute Gasteiger partial charge is 0.254 e. The van der Waals surface area contributed by atoms with Gasteiger partial charge in [0.05, 0.1) is 11.1 Å². The Kier molecular flexibility index (Phi) is 4.47. The lowest BCUT2D eigenvalue weighted by atomic mass is 9.90. The molecule has 3 aromatic rings. The van der Waals surface area contributed by atoms with Gasteiger partial charge in [-0.05, 0) is 60.6 Å². The Morgan fingerprint density at radius 3 is 2.71 bits per heavy atom. The number of sulfonamides is 1. The average molecular weight is 395 g/mol. The van der Waals surface area contributed by atoms with E-state index in [-0.39, 0.29) is 0 Å². The van der Waals surface area contributed by atoms with E-state index in [4.69, 9.17) is 5.73 Å². The standard InChI is InChI=1S/C21H21N3O3S/c1-2-28(26,27)24-14-7-5-6-13(12-14)15-10-11-17(21(22)25)20-19(15)16-8-3-4-9-18(16)23-20/h2,5-7,10-12,23-24H,1,3-4,8-9H2,(H2,22,25). The highest BCUT2D eigenvalue weighted by Crippen LogP contribution is 2.38. The number of H-pyrrole nitrogens is 1. The number of nitrogens with two attached hydrogens (primary N) is 1. The van der Waals surface area contributed by atoms with E-state index >= 15 is 0 Å². The fourth-order valence-electron chi connectivity index (χ4n) is 3.92. The number of aryl methyl sites for hydroxylation is 2. The molecule has 28 heavy (non-hydrogen) atoms. The zero-order valence-corrected chi connectivity index (χ0v) is 16.1. The molecular weight excluding hydrogens is 374 g/mol. The summed E-state index contributed by atoms with van der Waals surface area (Å²) < 4.78 is 26.1. The van der Waals surface area contributed by atoms with Crippen molar-refractivity contribution in [2.75, 3.05) is 4.72 Å². The van der Waals surface area contributed by atoms with Gasteiger partial charge in [-0.1, -0.05) is 24.8 Å². The molecule has 7 heteroatoms. The molecule has 0 atom stereocenters. The van der Waals surface area contributed by atoms with E-state index in [1.807, 2.05) is 12.1 Å². The van der Waals surface area contributed by atoms with Crippen LogP contribution in [0.1, 0.15) is 34.5 Å².